The van der Waals surface area contributed by atoms with Crippen LogP contribution in [0.2, 0.25) is 0 Å². The van der Waals surface area contributed by atoms with Gasteiger partial charge in [0.05, 0.1) is 5.41 Å². The van der Waals surface area contributed by atoms with Crippen LogP contribution in [-0.2, 0) is 5.41 Å². The molecule has 64 heavy (non-hydrogen) atoms. The van der Waals surface area contributed by atoms with E-state index in [1.54, 1.807) is 0 Å². The molecule has 0 amide bonds. The molecule has 0 nitrogen and oxygen atoms in total. The Bertz CT molecular complexity index is 3370. The number of hydrogen-bond donors (Lipinski definition) is 0. The van der Waals surface area contributed by atoms with E-state index in [0.29, 0.717) is 0 Å². The molecule has 0 bridgehead atoms. The lowest BCUT2D eigenvalue weighted by molar-refractivity contribution is 0.769. The smallest absolute Gasteiger partial charge is 0.0714 e. The van der Waals surface area contributed by atoms with E-state index in [4.69, 9.17) is 6.58 Å². The molecule has 10 aromatic carbocycles. The van der Waals surface area contributed by atoms with Crippen LogP contribution >= 0.6 is 0 Å². The van der Waals surface area contributed by atoms with E-state index in [2.05, 4.69) is 250 Å². The number of aryl methyl sites for hydroxylation is 1. The van der Waals surface area contributed by atoms with E-state index < -0.39 is 5.41 Å². The van der Waals surface area contributed by atoms with Crippen molar-refractivity contribution in [1.82, 2.24) is 0 Å². The van der Waals surface area contributed by atoms with E-state index in [1.807, 2.05) is 0 Å². The SMILES string of the molecule is C=C(c1ccc2c(c1)C(c1ccccc1)(c1ccccc1)c1ccc3ccccc3c1-2)c1ccccc1-c1cccc(-c2ccc(-c3ccccc3C)c(C(=C)c3ccccc3)c2)c1. The van der Waals surface area contributed by atoms with Crippen LogP contribution < -0.4 is 0 Å². The fraction of sp³-hybridized carbons (Fsp3) is 0.0312. The second-order valence-electron chi connectivity index (χ2n) is 17.0. The third kappa shape index (κ3) is 6.38. The van der Waals surface area contributed by atoms with Crippen molar-refractivity contribution in [2.75, 3.05) is 0 Å². The zero-order valence-corrected chi connectivity index (χ0v) is 35.9. The fourth-order valence-electron chi connectivity index (χ4n) is 10.3. The molecule has 0 unspecified atom stereocenters. The molecule has 0 spiro atoms. The van der Waals surface area contributed by atoms with Crippen LogP contribution in [-0.4, -0.2) is 0 Å². The molecule has 0 aromatic heterocycles. The lowest BCUT2D eigenvalue weighted by Crippen LogP contribution is -2.28. The molecule has 0 saturated carbocycles. The summed E-state index contributed by atoms with van der Waals surface area (Å²) >= 11 is 0. The molecule has 0 N–H and O–H groups in total. The second-order valence-corrected chi connectivity index (χ2v) is 17.0. The number of benzene rings is 10. The number of hydrogen-bond acceptors (Lipinski definition) is 0. The van der Waals surface area contributed by atoms with Crippen LogP contribution in [0.1, 0.15) is 50.1 Å². The molecular weight excluding hydrogens is 769 g/mol. The molecule has 0 saturated heterocycles. The van der Waals surface area contributed by atoms with Crippen molar-refractivity contribution in [1.29, 1.82) is 0 Å². The molecule has 1 aliphatic rings. The molecule has 0 fully saturated rings. The summed E-state index contributed by atoms with van der Waals surface area (Å²) in [5, 5.41) is 2.52. The van der Waals surface area contributed by atoms with Crippen LogP contribution in [0.5, 0.6) is 0 Å². The van der Waals surface area contributed by atoms with Gasteiger partial charge in [-0.2, -0.15) is 0 Å². The molecule has 10 aromatic rings. The van der Waals surface area contributed by atoms with Crippen molar-refractivity contribution < 1.29 is 0 Å². The Hall–Kier alpha value is -8.06. The lowest BCUT2D eigenvalue weighted by atomic mass is 9.67. The van der Waals surface area contributed by atoms with Gasteiger partial charge in [0, 0.05) is 0 Å². The van der Waals surface area contributed by atoms with Gasteiger partial charge in [0.2, 0.25) is 0 Å². The highest BCUT2D eigenvalue weighted by Crippen LogP contribution is 2.58. The average molecular weight is 815 g/mol. The van der Waals surface area contributed by atoms with Crippen molar-refractivity contribution in [3.05, 3.63) is 300 Å². The van der Waals surface area contributed by atoms with Crippen molar-refractivity contribution in [2.24, 2.45) is 0 Å². The first-order valence-corrected chi connectivity index (χ1v) is 22.1. The van der Waals surface area contributed by atoms with Crippen LogP contribution in [0.4, 0.5) is 0 Å². The maximum Gasteiger partial charge on any atom is 0.0714 e. The average Bonchev–Trinajstić information content (AvgIpc) is 3.67. The molecule has 11 rings (SSSR count). The summed E-state index contributed by atoms with van der Waals surface area (Å²) in [6, 6.07) is 86.2. The van der Waals surface area contributed by atoms with Crippen LogP contribution in [0.15, 0.2) is 250 Å². The van der Waals surface area contributed by atoms with Crippen LogP contribution in [0.25, 0.3) is 66.4 Å². The lowest BCUT2D eigenvalue weighted by Gasteiger charge is -2.34. The molecule has 1 aliphatic carbocycles. The zero-order chi connectivity index (χ0) is 43.2. The first-order valence-electron chi connectivity index (χ1n) is 22.1. The molecule has 0 atom stereocenters. The van der Waals surface area contributed by atoms with Gasteiger partial charge >= 0.3 is 0 Å². The van der Waals surface area contributed by atoms with Gasteiger partial charge in [0.25, 0.3) is 0 Å². The Morgan fingerprint density at radius 3 is 1.70 bits per heavy atom. The van der Waals surface area contributed by atoms with E-state index in [1.165, 1.54) is 60.8 Å². The minimum absolute atomic E-state index is 0.527. The van der Waals surface area contributed by atoms with E-state index in [0.717, 1.165) is 55.7 Å². The van der Waals surface area contributed by atoms with Gasteiger partial charge in [0.1, 0.15) is 0 Å². The quantitative estimate of drug-likeness (QED) is 0.136. The first-order chi connectivity index (χ1) is 31.5. The summed E-state index contributed by atoms with van der Waals surface area (Å²) in [5.41, 5.74) is 21.8. The Labute approximate surface area is 376 Å². The number of rotatable bonds is 9. The zero-order valence-electron chi connectivity index (χ0n) is 35.9. The van der Waals surface area contributed by atoms with E-state index in [-0.39, 0.29) is 0 Å². The van der Waals surface area contributed by atoms with E-state index >= 15 is 0 Å². The topological polar surface area (TPSA) is 0 Å². The van der Waals surface area contributed by atoms with Crippen LogP contribution in [0, 0.1) is 6.92 Å². The normalized spacial score (nSPS) is 12.4. The highest BCUT2D eigenvalue weighted by molar-refractivity contribution is 6.05. The summed E-state index contributed by atoms with van der Waals surface area (Å²) < 4.78 is 0. The van der Waals surface area contributed by atoms with Crippen molar-refractivity contribution >= 4 is 21.9 Å². The Kier molecular flexibility index (Phi) is 9.71. The maximum absolute atomic E-state index is 4.88. The minimum Gasteiger partial charge on any atom is -0.0905 e. The first kappa shape index (κ1) is 38.8. The standard InChI is InChI=1S/C64H46/c1-43-20-13-15-30-54(43)58-37-35-50(41-60(58)44(2)46-21-7-4-8-22-46)49-24-19-25-51(40-49)56-32-18-17-31-55(56)45(3)48-34-38-59-62(42-48)64(52-26-9-5-10-27-52,53-28-11-6-12-29-53)61-39-36-47-23-14-16-33-57(47)63(59)61/h4-42H,2-3H2,1H3. The van der Waals surface area contributed by atoms with Gasteiger partial charge in [-0.25, -0.2) is 0 Å². The van der Waals surface area contributed by atoms with Gasteiger partial charge in [-0.1, -0.05) is 232 Å². The van der Waals surface area contributed by atoms with Crippen LogP contribution in [0.3, 0.4) is 0 Å². The molecule has 0 heteroatoms. The second kappa shape index (κ2) is 16.0. The Balaban J connectivity index is 1.03. The van der Waals surface area contributed by atoms with Gasteiger partial charge in [-0.05, 0) is 142 Å². The predicted octanol–water partition coefficient (Wildman–Crippen LogP) is 16.6. The summed E-state index contributed by atoms with van der Waals surface area (Å²) in [6.45, 7) is 11.7. The third-order valence-corrected chi connectivity index (χ3v) is 13.4. The van der Waals surface area contributed by atoms with Crippen molar-refractivity contribution in [3.8, 4) is 44.5 Å². The molecule has 0 radical (unpaired) electrons. The highest BCUT2D eigenvalue weighted by atomic mass is 14.5. The highest BCUT2D eigenvalue weighted by Gasteiger charge is 2.46. The number of fused-ring (bicyclic) bond motifs is 5. The Morgan fingerprint density at radius 2 is 0.953 bits per heavy atom. The van der Waals surface area contributed by atoms with Gasteiger partial charge < -0.3 is 0 Å². The maximum atomic E-state index is 4.88. The summed E-state index contributed by atoms with van der Waals surface area (Å²) in [7, 11) is 0. The molecular formula is C64H46. The third-order valence-electron chi connectivity index (χ3n) is 13.4. The molecule has 0 aliphatic heterocycles. The van der Waals surface area contributed by atoms with Gasteiger partial charge in [0.15, 0.2) is 0 Å². The van der Waals surface area contributed by atoms with Crippen molar-refractivity contribution in [3.63, 3.8) is 0 Å². The Morgan fingerprint density at radius 1 is 0.359 bits per heavy atom. The van der Waals surface area contributed by atoms with Gasteiger partial charge in [-0.15, -0.1) is 0 Å². The van der Waals surface area contributed by atoms with E-state index in [9.17, 15) is 0 Å². The molecule has 302 valence electrons. The monoisotopic (exact) mass is 814 g/mol. The fourth-order valence-corrected chi connectivity index (χ4v) is 10.3. The predicted molar refractivity (Wildman–Crippen MR) is 271 cm³/mol. The van der Waals surface area contributed by atoms with Crippen molar-refractivity contribution in [2.45, 2.75) is 12.3 Å². The summed E-state index contributed by atoms with van der Waals surface area (Å²) in [6.07, 6.45) is 0. The molecule has 0 heterocycles. The summed E-state index contributed by atoms with van der Waals surface area (Å²) in [4.78, 5) is 0. The van der Waals surface area contributed by atoms with Gasteiger partial charge in [-0.3, -0.25) is 0 Å². The summed E-state index contributed by atoms with van der Waals surface area (Å²) in [5.74, 6) is 0. The minimum atomic E-state index is -0.527. The largest absolute Gasteiger partial charge is 0.0905 e.